The fourth-order valence-corrected chi connectivity index (χ4v) is 5.48. The Morgan fingerprint density at radius 1 is 0.949 bits per heavy atom. The van der Waals surface area contributed by atoms with Gasteiger partial charge in [-0.1, -0.05) is 38.1 Å². The van der Waals surface area contributed by atoms with E-state index in [-0.39, 0.29) is 18.0 Å². The normalized spacial score (nSPS) is 15.6. The Kier molecular flexibility index (Phi) is 8.27. The molecule has 1 aliphatic rings. The summed E-state index contributed by atoms with van der Waals surface area (Å²) in [6.45, 7) is 12.1. The number of para-hydroxylation sites is 1. The summed E-state index contributed by atoms with van der Waals surface area (Å²) in [6, 6.07) is 21.0. The predicted molar refractivity (Wildman–Crippen MR) is 158 cm³/mol. The van der Waals surface area contributed by atoms with Crippen molar-refractivity contribution in [3.63, 3.8) is 0 Å². The van der Waals surface area contributed by atoms with Crippen molar-refractivity contribution in [2.24, 2.45) is 0 Å². The van der Waals surface area contributed by atoms with Crippen LogP contribution in [0.2, 0.25) is 0 Å². The van der Waals surface area contributed by atoms with Crippen LogP contribution in [-0.4, -0.2) is 57.8 Å². The van der Waals surface area contributed by atoms with Crippen LogP contribution >= 0.6 is 0 Å². The Labute approximate surface area is 231 Å². The van der Waals surface area contributed by atoms with Gasteiger partial charge in [-0.2, -0.15) is 5.10 Å². The number of anilines is 1. The van der Waals surface area contributed by atoms with Crippen molar-refractivity contribution in [2.45, 2.75) is 58.5 Å². The number of hydrogen-bond donors (Lipinski definition) is 1. The fourth-order valence-electron chi connectivity index (χ4n) is 5.48. The fraction of sp³-hybridized carbons (Fsp3) is 0.406. The van der Waals surface area contributed by atoms with Crippen LogP contribution < -0.4 is 10.2 Å². The molecule has 0 aliphatic carbocycles. The number of carbonyl (C=O) groups excluding carboxylic acids is 1. The molecule has 1 N–H and O–H groups in total. The highest BCUT2D eigenvalue weighted by Gasteiger charge is 2.28. The number of nitrogens with one attached hydrogen (secondary N) is 1. The van der Waals surface area contributed by atoms with Gasteiger partial charge in [0.15, 0.2) is 0 Å². The third kappa shape index (κ3) is 6.31. The summed E-state index contributed by atoms with van der Waals surface area (Å²) in [4.78, 5) is 22.7. The van der Waals surface area contributed by atoms with Crippen LogP contribution in [0.3, 0.4) is 0 Å². The molecule has 4 aromatic rings. The Hall–Kier alpha value is -3.71. The first-order valence-corrected chi connectivity index (χ1v) is 14.2. The standard InChI is InChI=1S/C32H40N6O/c1-23(2)26-20-25-10-8-14-33-32(25)30(21-26)37-16-9-15-36(18-19-37)29(22-31(39)34-24(3)4)28-13-17-38(35-28)27-11-6-5-7-12-27/h5-8,10-14,17,20-21,23-24,29H,9,15-16,18-19,22H2,1-4H3,(H,34,39). The molecule has 1 saturated heterocycles. The summed E-state index contributed by atoms with van der Waals surface area (Å²) in [5.74, 6) is 0.505. The lowest BCUT2D eigenvalue weighted by atomic mass is 9.99. The van der Waals surface area contributed by atoms with Crippen LogP contribution in [0.5, 0.6) is 0 Å². The zero-order chi connectivity index (χ0) is 27.4. The molecule has 204 valence electrons. The van der Waals surface area contributed by atoms with Crippen molar-refractivity contribution < 1.29 is 4.79 Å². The van der Waals surface area contributed by atoms with E-state index >= 15 is 0 Å². The molecule has 7 heteroatoms. The van der Waals surface area contributed by atoms with Gasteiger partial charge in [-0.05, 0) is 68.1 Å². The van der Waals surface area contributed by atoms with Gasteiger partial charge in [0, 0.05) is 56.4 Å². The average Bonchev–Trinajstić information content (AvgIpc) is 3.29. The molecule has 1 atom stereocenters. The second-order valence-electron chi connectivity index (χ2n) is 11.1. The Morgan fingerprint density at radius 3 is 2.54 bits per heavy atom. The molecule has 1 fully saturated rings. The number of rotatable bonds is 8. The number of hydrogen-bond acceptors (Lipinski definition) is 5. The molecule has 1 amide bonds. The first-order valence-electron chi connectivity index (χ1n) is 14.2. The van der Waals surface area contributed by atoms with Crippen molar-refractivity contribution in [1.29, 1.82) is 0 Å². The van der Waals surface area contributed by atoms with E-state index in [1.807, 2.05) is 67.3 Å². The summed E-state index contributed by atoms with van der Waals surface area (Å²) in [5, 5.41) is 9.22. The summed E-state index contributed by atoms with van der Waals surface area (Å²) < 4.78 is 1.90. The maximum atomic E-state index is 13.0. The molecule has 7 nitrogen and oxygen atoms in total. The lowest BCUT2D eigenvalue weighted by Crippen LogP contribution is -2.38. The highest BCUT2D eigenvalue weighted by Crippen LogP contribution is 2.32. The van der Waals surface area contributed by atoms with E-state index in [4.69, 9.17) is 10.1 Å². The topological polar surface area (TPSA) is 66.3 Å². The summed E-state index contributed by atoms with van der Waals surface area (Å²) in [6.07, 6.45) is 5.27. The quantitative estimate of drug-likeness (QED) is 0.320. The number of nitrogens with zero attached hydrogens (tertiary/aromatic N) is 5. The Morgan fingerprint density at radius 2 is 1.77 bits per heavy atom. The third-order valence-electron chi connectivity index (χ3n) is 7.49. The van der Waals surface area contributed by atoms with Crippen LogP contribution in [0.25, 0.3) is 16.6 Å². The zero-order valence-electron chi connectivity index (χ0n) is 23.5. The van der Waals surface area contributed by atoms with Gasteiger partial charge in [0.05, 0.1) is 28.6 Å². The predicted octanol–water partition coefficient (Wildman–Crippen LogP) is 5.71. The molecular formula is C32H40N6O. The van der Waals surface area contributed by atoms with Gasteiger partial charge in [0.25, 0.3) is 0 Å². The van der Waals surface area contributed by atoms with Gasteiger partial charge in [-0.25, -0.2) is 4.68 Å². The molecule has 0 bridgehead atoms. The summed E-state index contributed by atoms with van der Waals surface area (Å²) >= 11 is 0. The van der Waals surface area contributed by atoms with Gasteiger partial charge < -0.3 is 10.2 Å². The van der Waals surface area contributed by atoms with Crippen molar-refractivity contribution in [1.82, 2.24) is 25.0 Å². The van der Waals surface area contributed by atoms with Crippen molar-refractivity contribution in [3.8, 4) is 5.69 Å². The smallest absolute Gasteiger partial charge is 0.222 e. The number of fused-ring (bicyclic) bond motifs is 1. The van der Waals surface area contributed by atoms with Gasteiger partial charge in [0.1, 0.15) is 0 Å². The maximum Gasteiger partial charge on any atom is 0.222 e. The zero-order valence-corrected chi connectivity index (χ0v) is 23.5. The summed E-state index contributed by atoms with van der Waals surface area (Å²) in [5.41, 5.74) is 5.55. The van der Waals surface area contributed by atoms with E-state index in [9.17, 15) is 4.79 Å². The maximum absolute atomic E-state index is 13.0. The van der Waals surface area contributed by atoms with E-state index in [0.29, 0.717) is 12.3 Å². The SMILES string of the molecule is CC(C)NC(=O)CC(c1ccn(-c2ccccc2)n1)N1CCCN(c2cc(C(C)C)cc3cccnc23)CC1. The van der Waals surface area contributed by atoms with Crippen LogP contribution in [0.1, 0.15) is 63.8 Å². The Balaban J connectivity index is 1.41. The molecule has 0 saturated carbocycles. The minimum absolute atomic E-state index is 0.0604. The molecule has 3 heterocycles. The number of carbonyl (C=O) groups is 1. The Bertz CT molecular complexity index is 1400. The largest absolute Gasteiger partial charge is 0.368 e. The molecule has 1 aliphatic heterocycles. The van der Waals surface area contributed by atoms with Crippen molar-refractivity contribution >= 4 is 22.5 Å². The van der Waals surface area contributed by atoms with Gasteiger partial charge >= 0.3 is 0 Å². The number of benzene rings is 2. The van der Waals surface area contributed by atoms with E-state index in [0.717, 1.165) is 49.5 Å². The molecule has 0 radical (unpaired) electrons. The van der Waals surface area contributed by atoms with Crippen LogP contribution in [0, 0.1) is 0 Å². The lowest BCUT2D eigenvalue weighted by molar-refractivity contribution is -0.123. The lowest BCUT2D eigenvalue weighted by Gasteiger charge is -2.30. The molecule has 39 heavy (non-hydrogen) atoms. The second kappa shape index (κ2) is 12.0. The first kappa shape index (κ1) is 26.9. The monoisotopic (exact) mass is 524 g/mol. The highest BCUT2D eigenvalue weighted by atomic mass is 16.1. The highest BCUT2D eigenvalue weighted by molar-refractivity contribution is 5.91. The minimum Gasteiger partial charge on any atom is -0.368 e. The second-order valence-corrected chi connectivity index (χ2v) is 11.1. The van der Waals surface area contributed by atoms with E-state index in [2.05, 4.69) is 53.2 Å². The van der Waals surface area contributed by atoms with Crippen molar-refractivity contribution in [3.05, 3.63) is 84.3 Å². The number of amides is 1. The molecule has 2 aromatic carbocycles. The molecule has 5 rings (SSSR count). The van der Waals surface area contributed by atoms with Crippen molar-refractivity contribution in [2.75, 3.05) is 31.1 Å². The van der Waals surface area contributed by atoms with Crippen LogP contribution in [0.15, 0.2) is 73.1 Å². The average molecular weight is 525 g/mol. The van der Waals surface area contributed by atoms with Gasteiger partial charge in [-0.15, -0.1) is 0 Å². The first-order chi connectivity index (χ1) is 18.9. The third-order valence-corrected chi connectivity index (χ3v) is 7.49. The molecular weight excluding hydrogens is 484 g/mol. The number of aromatic nitrogens is 3. The molecule has 1 unspecified atom stereocenters. The van der Waals surface area contributed by atoms with E-state index in [1.165, 1.54) is 16.6 Å². The summed E-state index contributed by atoms with van der Waals surface area (Å²) in [7, 11) is 0. The van der Waals surface area contributed by atoms with Crippen LogP contribution in [-0.2, 0) is 4.79 Å². The van der Waals surface area contributed by atoms with Crippen LogP contribution in [0.4, 0.5) is 5.69 Å². The van der Waals surface area contributed by atoms with E-state index < -0.39 is 0 Å². The molecule has 0 spiro atoms. The number of pyridine rings is 1. The van der Waals surface area contributed by atoms with Gasteiger partial charge in [0.2, 0.25) is 5.91 Å². The molecule has 2 aromatic heterocycles. The van der Waals surface area contributed by atoms with E-state index in [1.54, 1.807) is 0 Å². The van der Waals surface area contributed by atoms with Gasteiger partial charge in [-0.3, -0.25) is 14.7 Å². The minimum atomic E-state index is -0.0921.